The minimum Gasteiger partial charge on any atom is -0.346 e. The predicted octanol–water partition coefficient (Wildman–Crippen LogP) is 4.02. The summed E-state index contributed by atoms with van der Waals surface area (Å²) >= 11 is 5.57. The quantitative estimate of drug-likeness (QED) is 0.838. The van der Waals surface area contributed by atoms with Crippen LogP contribution in [0.2, 0.25) is 0 Å². The Morgan fingerprint density at radius 2 is 1.80 bits per heavy atom. The van der Waals surface area contributed by atoms with Gasteiger partial charge in [0.25, 0.3) is 0 Å². The molecule has 0 radical (unpaired) electrons. The van der Waals surface area contributed by atoms with E-state index in [2.05, 4.69) is 82.7 Å². The Balaban J connectivity index is 1.43. The van der Waals surface area contributed by atoms with Crippen molar-refractivity contribution in [2.45, 2.75) is 6.92 Å². The van der Waals surface area contributed by atoms with E-state index in [0.717, 1.165) is 43.5 Å². The number of benzene rings is 2. The molecule has 1 heterocycles. The van der Waals surface area contributed by atoms with Gasteiger partial charge in [0, 0.05) is 38.4 Å². The summed E-state index contributed by atoms with van der Waals surface area (Å²) in [5.74, 6) is 0. The van der Waals surface area contributed by atoms with Crippen LogP contribution in [0.4, 0.5) is 5.69 Å². The number of piperazine rings is 1. The number of thiocarbonyl (C=S) groups is 1. The minimum atomic E-state index is 0.824. The Bertz CT molecular complexity index is 719. The number of nitrogens with zero attached hydrogens (tertiary/aromatic N) is 2. The predicted molar refractivity (Wildman–Crippen MR) is 111 cm³/mol. The lowest BCUT2D eigenvalue weighted by Crippen LogP contribution is -2.49. The van der Waals surface area contributed by atoms with Crippen LogP contribution in [0.25, 0.3) is 6.08 Å². The fourth-order valence-corrected chi connectivity index (χ4v) is 3.26. The van der Waals surface area contributed by atoms with Crippen LogP contribution >= 0.6 is 12.2 Å². The lowest BCUT2D eigenvalue weighted by molar-refractivity contribution is 0.200. The van der Waals surface area contributed by atoms with Crippen LogP contribution in [0, 0.1) is 6.92 Å². The highest BCUT2D eigenvalue weighted by Crippen LogP contribution is 2.12. The van der Waals surface area contributed by atoms with Crippen LogP contribution in [-0.4, -0.2) is 47.6 Å². The number of anilines is 1. The van der Waals surface area contributed by atoms with Crippen molar-refractivity contribution in [3.05, 3.63) is 71.8 Å². The summed E-state index contributed by atoms with van der Waals surface area (Å²) in [6.45, 7) is 7.09. The maximum absolute atomic E-state index is 5.57. The molecular weight excluding hydrogens is 326 g/mol. The van der Waals surface area contributed by atoms with Crippen molar-refractivity contribution in [3.63, 3.8) is 0 Å². The molecular formula is C21H25N3S. The number of nitrogens with one attached hydrogen (secondary N) is 1. The molecule has 130 valence electrons. The van der Waals surface area contributed by atoms with Crippen LogP contribution in [0.3, 0.4) is 0 Å². The molecule has 4 heteroatoms. The van der Waals surface area contributed by atoms with E-state index < -0.39 is 0 Å². The molecule has 1 aliphatic heterocycles. The van der Waals surface area contributed by atoms with Gasteiger partial charge in [0.15, 0.2) is 5.11 Å². The van der Waals surface area contributed by atoms with Gasteiger partial charge in [0.2, 0.25) is 0 Å². The fraction of sp³-hybridized carbons (Fsp3) is 0.286. The van der Waals surface area contributed by atoms with Crippen molar-refractivity contribution in [2.24, 2.45) is 0 Å². The van der Waals surface area contributed by atoms with Crippen molar-refractivity contribution >= 4 is 29.1 Å². The number of hydrogen-bond acceptors (Lipinski definition) is 2. The highest BCUT2D eigenvalue weighted by molar-refractivity contribution is 7.80. The Hall–Kier alpha value is -2.17. The van der Waals surface area contributed by atoms with Crippen molar-refractivity contribution in [1.82, 2.24) is 9.80 Å². The Kier molecular flexibility index (Phi) is 6.20. The van der Waals surface area contributed by atoms with Crippen molar-refractivity contribution in [3.8, 4) is 0 Å². The van der Waals surface area contributed by atoms with Crippen molar-refractivity contribution in [2.75, 3.05) is 38.0 Å². The zero-order valence-corrected chi connectivity index (χ0v) is 15.5. The molecule has 0 amide bonds. The molecule has 1 N–H and O–H groups in total. The van der Waals surface area contributed by atoms with Gasteiger partial charge in [0.05, 0.1) is 0 Å². The smallest absolute Gasteiger partial charge is 0.173 e. The molecule has 3 nitrogen and oxygen atoms in total. The van der Waals surface area contributed by atoms with Gasteiger partial charge in [-0.25, -0.2) is 0 Å². The second-order valence-corrected chi connectivity index (χ2v) is 6.79. The Morgan fingerprint density at radius 3 is 2.52 bits per heavy atom. The summed E-state index contributed by atoms with van der Waals surface area (Å²) in [7, 11) is 0. The maximum Gasteiger partial charge on any atom is 0.173 e. The summed E-state index contributed by atoms with van der Waals surface area (Å²) in [5.41, 5.74) is 3.56. The van der Waals surface area contributed by atoms with E-state index in [0.29, 0.717) is 0 Å². The molecule has 0 spiro atoms. The third-order valence-electron chi connectivity index (χ3n) is 4.40. The third-order valence-corrected chi connectivity index (χ3v) is 4.76. The third kappa shape index (κ3) is 5.41. The van der Waals surface area contributed by atoms with E-state index in [1.165, 1.54) is 11.1 Å². The zero-order chi connectivity index (χ0) is 17.5. The Morgan fingerprint density at radius 1 is 1.04 bits per heavy atom. The van der Waals surface area contributed by atoms with Gasteiger partial charge >= 0.3 is 0 Å². The summed E-state index contributed by atoms with van der Waals surface area (Å²) in [5, 5.41) is 4.18. The minimum absolute atomic E-state index is 0.824. The lowest BCUT2D eigenvalue weighted by Gasteiger charge is -2.35. The van der Waals surface area contributed by atoms with E-state index in [-0.39, 0.29) is 0 Å². The van der Waals surface area contributed by atoms with Gasteiger partial charge in [-0.1, -0.05) is 54.6 Å². The summed E-state index contributed by atoms with van der Waals surface area (Å²) in [6, 6.07) is 18.8. The number of hydrogen-bond donors (Lipinski definition) is 1. The first kappa shape index (κ1) is 17.6. The monoisotopic (exact) mass is 351 g/mol. The molecule has 0 unspecified atom stereocenters. The molecule has 1 fully saturated rings. The SMILES string of the molecule is Cc1cccc(NC(=S)N2CCN(CC=Cc3ccccc3)CC2)c1. The Labute approximate surface area is 156 Å². The van der Waals surface area contributed by atoms with E-state index in [1.54, 1.807) is 0 Å². The average Bonchev–Trinajstić information content (AvgIpc) is 2.63. The largest absolute Gasteiger partial charge is 0.346 e. The standard InChI is InChI=1S/C21H25N3S/c1-18-7-5-11-20(17-18)22-21(25)24-15-13-23(14-16-24)12-6-10-19-8-3-2-4-9-19/h2-11,17H,12-16H2,1H3,(H,22,25). The first-order chi connectivity index (χ1) is 12.2. The second kappa shape index (κ2) is 8.79. The first-order valence-electron chi connectivity index (χ1n) is 8.77. The molecule has 1 aliphatic rings. The van der Waals surface area contributed by atoms with Crippen molar-refractivity contribution < 1.29 is 0 Å². The van der Waals surface area contributed by atoms with Gasteiger partial charge in [0.1, 0.15) is 0 Å². The van der Waals surface area contributed by atoms with Crippen LogP contribution in [0.5, 0.6) is 0 Å². The molecule has 25 heavy (non-hydrogen) atoms. The lowest BCUT2D eigenvalue weighted by atomic mass is 10.2. The van der Waals surface area contributed by atoms with Gasteiger partial charge in [-0.2, -0.15) is 0 Å². The van der Waals surface area contributed by atoms with Crippen LogP contribution in [0.15, 0.2) is 60.7 Å². The second-order valence-electron chi connectivity index (χ2n) is 6.40. The van der Waals surface area contributed by atoms with Gasteiger partial charge in [-0.3, -0.25) is 4.90 Å². The highest BCUT2D eigenvalue weighted by Gasteiger charge is 2.18. The van der Waals surface area contributed by atoms with E-state index >= 15 is 0 Å². The molecule has 0 atom stereocenters. The zero-order valence-electron chi connectivity index (χ0n) is 14.7. The summed E-state index contributed by atoms with van der Waals surface area (Å²) < 4.78 is 0. The van der Waals surface area contributed by atoms with E-state index in [4.69, 9.17) is 12.2 Å². The van der Waals surface area contributed by atoms with E-state index in [9.17, 15) is 0 Å². The number of aryl methyl sites for hydroxylation is 1. The number of rotatable bonds is 4. The van der Waals surface area contributed by atoms with Crippen LogP contribution in [0.1, 0.15) is 11.1 Å². The summed E-state index contributed by atoms with van der Waals surface area (Å²) in [4.78, 5) is 4.72. The molecule has 3 rings (SSSR count). The van der Waals surface area contributed by atoms with Crippen LogP contribution < -0.4 is 5.32 Å². The van der Waals surface area contributed by atoms with Crippen LogP contribution in [-0.2, 0) is 0 Å². The normalized spacial score (nSPS) is 15.5. The maximum atomic E-state index is 5.57. The molecule has 0 saturated carbocycles. The molecule has 2 aromatic carbocycles. The van der Waals surface area contributed by atoms with Gasteiger partial charge < -0.3 is 10.2 Å². The topological polar surface area (TPSA) is 18.5 Å². The van der Waals surface area contributed by atoms with Gasteiger partial charge in [-0.05, 0) is 42.4 Å². The molecule has 0 aliphatic carbocycles. The van der Waals surface area contributed by atoms with Gasteiger partial charge in [-0.15, -0.1) is 0 Å². The van der Waals surface area contributed by atoms with E-state index in [1.807, 2.05) is 6.07 Å². The fourth-order valence-electron chi connectivity index (χ4n) is 2.96. The average molecular weight is 352 g/mol. The summed E-state index contributed by atoms with van der Waals surface area (Å²) in [6.07, 6.45) is 4.44. The molecule has 0 aromatic heterocycles. The molecule has 2 aromatic rings. The molecule has 1 saturated heterocycles. The molecule has 0 bridgehead atoms. The first-order valence-corrected chi connectivity index (χ1v) is 9.18. The highest BCUT2D eigenvalue weighted by atomic mass is 32.1. The van der Waals surface area contributed by atoms with Crippen molar-refractivity contribution in [1.29, 1.82) is 0 Å².